The van der Waals surface area contributed by atoms with Crippen molar-refractivity contribution in [2.75, 3.05) is 0 Å². The van der Waals surface area contributed by atoms with E-state index in [-0.39, 0.29) is 12.1 Å². The van der Waals surface area contributed by atoms with Gasteiger partial charge in [0, 0.05) is 6.08 Å². The molecule has 0 aromatic heterocycles. The molecular weight excluding hydrogens is 284 g/mol. The SMILES string of the molecule is CC(C)[C@@H](C)/C=C/[C@@H](C)[C@H]1CC[C@H]2C3=CC(=O)O[C@@H]3CC[C@]12C. The van der Waals surface area contributed by atoms with Crippen molar-refractivity contribution < 1.29 is 9.53 Å². The largest absolute Gasteiger partial charge is 0.455 e. The molecule has 0 N–H and O–H groups in total. The molecule has 0 bridgehead atoms. The van der Waals surface area contributed by atoms with E-state index in [4.69, 9.17) is 4.74 Å². The summed E-state index contributed by atoms with van der Waals surface area (Å²) in [5.74, 6) is 3.11. The number of hydrogen-bond donors (Lipinski definition) is 0. The van der Waals surface area contributed by atoms with Gasteiger partial charge in [-0.15, -0.1) is 0 Å². The van der Waals surface area contributed by atoms with Gasteiger partial charge in [0.25, 0.3) is 0 Å². The van der Waals surface area contributed by atoms with E-state index in [0.717, 1.165) is 12.3 Å². The monoisotopic (exact) mass is 316 g/mol. The van der Waals surface area contributed by atoms with Gasteiger partial charge >= 0.3 is 5.97 Å². The van der Waals surface area contributed by atoms with E-state index in [1.165, 1.54) is 24.8 Å². The molecular formula is C21H32O2. The van der Waals surface area contributed by atoms with Crippen molar-refractivity contribution in [3.05, 3.63) is 23.8 Å². The van der Waals surface area contributed by atoms with Crippen LogP contribution in [0.4, 0.5) is 0 Å². The van der Waals surface area contributed by atoms with E-state index in [1.54, 1.807) is 6.08 Å². The molecule has 2 heteroatoms. The van der Waals surface area contributed by atoms with Crippen LogP contribution >= 0.6 is 0 Å². The van der Waals surface area contributed by atoms with E-state index >= 15 is 0 Å². The van der Waals surface area contributed by atoms with E-state index in [2.05, 4.69) is 46.8 Å². The highest BCUT2D eigenvalue weighted by molar-refractivity contribution is 5.86. The third-order valence-electron chi connectivity index (χ3n) is 7.08. The molecule has 2 nitrogen and oxygen atoms in total. The van der Waals surface area contributed by atoms with Crippen molar-refractivity contribution in [3.8, 4) is 0 Å². The molecule has 128 valence electrons. The zero-order valence-corrected chi connectivity index (χ0v) is 15.3. The van der Waals surface area contributed by atoms with Crippen LogP contribution in [0.3, 0.4) is 0 Å². The number of carbonyl (C=O) groups is 1. The molecule has 2 saturated carbocycles. The van der Waals surface area contributed by atoms with Crippen molar-refractivity contribution in [3.63, 3.8) is 0 Å². The topological polar surface area (TPSA) is 26.3 Å². The molecule has 0 unspecified atom stereocenters. The molecule has 3 aliphatic rings. The second-order valence-electron chi connectivity index (χ2n) is 8.70. The molecule has 0 aromatic carbocycles. The Hall–Kier alpha value is -1.05. The van der Waals surface area contributed by atoms with Gasteiger partial charge < -0.3 is 4.74 Å². The molecule has 0 spiro atoms. The fraction of sp³-hybridized carbons (Fsp3) is 0.762. The Balaban J connectivity index is 1.76. The summed E-state index contributed by atoms with van der Waals surface area (Å²) in [6.45, 7) is 11.7. The maximum atomic E-state index is 11.6. The second-order valence-corrected chi connectivity index (χ2v) is 8.70. The van der Waals surface area contributed by atoms with Gasteiger partial charge in [-0.05, 0) is 66.3 Å². The summed E-state index contributed by atoms with van der Waals surface area (Å²) in [7, 11) is 0. The van der Waals surface area contributed by atoms with E-state index in [1.807, 2.05) is 0 Å². The molecule has 6 atom stereocenters. The normalized spacial score (nSPS) is 39.1. The Morgan fingerprint density at radius 1 is 1.17 bits per heavy atom. The van der Waals surface area contributed by atoms with Crippen LogP contribution in [-0.4, -0.2) is 12.1 Å². The molecule has 1 heterocycles. The highest BCUT2D eigenvalue weighted by Crippen LogP contribution is 2.60. The van der Waals surface area contributed by atoms with Gasteiger partial charge in [-0.2, -0.15) is 0 Å². The lowest BCUT2D eigenvalue weighted by Crippen LogP contribution is -2.39. The molecule has 0 radical (unpaired) electrons. The van der Waals surface area contributed by atoms with Crippen LogP contribution in [0.2, 0.25) is 0 Å². The van der Waals surface area contributed by atoms with Crippen LogP contribution in [0.1, 0.15) is 60.3 Å². The molecule has 3 rings (SSSR count). The minimum atomic E-state index is -0.114. The Labute approximate surface area is 141 Å². The Bertz CT molecular complexity index is 530. The molecule has 23 heavy (non-hydrogen) atoms. The van der Waals surface area contributed by atoms with E-state index in [9.17, 15) is 4.79 Å². The number of hydrogen-bond acceptors (Lipinski definition) is 2. The molecule has 1 aliphatic heterocycles. The highest BCUT2D eigenvalue weighted by atomic mass is 16.5. The van der Waals surface area contributed by atoms with Crippen LogP contribution in [0.5, 0.6) is 0 Å². The summed E-state index contributed by atoms with van der Waals surface area (Å²) in [5, 5.41) is 0. The van der Waals surface area contributed by atoms with Crippen molar-refractivity contribution in [1.29, 1.82) is 0 Å². The van der Waals surface area contributed by atoms with Gasteiger partial charge in [-0.3, -0.25) is 0 Å². The third-order valence-corrected chi connectivity index (χ3v) is 7.08. The summed E-state index contributed by atoms with van der Waals surface area (Å²) < 4.78 is 5.47. The first-order chi connectivity index (χ1) is 10.8. The quantitative estimate of drug-likeness (QED) is 0.529. The summed E-state index contributed by atoms with van der Waals surface area (Å²) in [4.78, 5) is 11.6. The summed E-state index contributed by atoms with van der Waals surface area (Å²) in [5.41, 5.74) is 1.64. The van der Waals surface area contributed by atoms with Crippen LogP contribution < -0.4 is 0 Å². The minimum absolute atomic E-state index is 0.0890. The van der Waals surface area contributed by atoms with Gasteiger partial charge in [-0.25, -0.2) is 4.79 Å². The van der Waals surface area contributed by atoms with E-state index in [0.29, 0.717) is 29.1 Å². The average molecular weight is 316 g/mol. The first-order valence-corrected chi connectivity index (χ1v) is 9.43. The van der Waals surface area contributed by atoms with Crippen molar-refractivity contribution in [1.82, 2.24) is 0 Å². The molecule has 0 saturated heterocycles. The number of fused-ring (bicyclic) bond motifs is 3. The van der Waals surface area contributed by atoms with Gasteiger partial charge in [0.2, 0.25) is 0 Å². The fourth-order valence-electron chi connectivity index (χ4n) is 5.21. The zero-order valence-electron chi connectivity index (χ0n) is 15.3. The lowest BCUT2D eigenvalue weighted by molar-refractivity contribution is -0.140. The first kappa shape index (κ1) is 16.8. The van der Waals surface area contributed by atoms with E-state index < -0.39 is 0 Å². The number of ether oxygens (including phenoxy) is 1. The smallest absolute Gasteiger partial charge is 0.331 e. The number of allylic oxidation sites excluding steroid dienone is 2. The van der Waals surface area contributed by atoms with Gasteiger partial charge in [0.05, 0.1) is 0 Å². The fourth-order valence-corrected chi connectivity index (χ4v) is 5.21. The molecule has 0 aromatic rings. The third kappa shape index (κ3) is 2.90. The molecule has 0 amide bonds. The lowest BCUT2D eigenvalue weighted by atomic mass is 9.60. The lowest BCUT2D eigenvalue weighted by Gasteiger charge is -2.44. The maximum Gasteiger partial charge on any atom is 0.331 e. The Morgan fingerprint density at radius 3 is 2.61 bits per heavy atom. The van der Waals surface area contributed by atoms with Crippen LogP contribution in [0, 0.1) is 35.0 Å². The Kier molecular flexibility index (Phi) is 4.46. The van der Waals surface area contributed by atoms with Crippen molar-refractivity contribution in [2.45, 2.75) is 66.4 Å². The average Bonchev–Trinajstić information content (AvgIpc) is 3.03. The predicted molar refractivity (Wildman–Crippen MR) is 93.8 cm³/mol. The van der Waals surface area contributed by atoms with Crippen molar-refractivity contribution >= 4 is 5.97 Å². The number of esters is 1. The van der Waals surface area contributed by atoms with Gasteiger partial charge in [0.15, 0.2) is 0 Å². The minimum Gasteiger partial charge on any atom is -0.455 e. The Morgan fingerprint density at radius 2 is 1.91 bits per heavy atom. The van der Waals surface area contributed by atoms with Crippen molar-refractivity contribution in [2.24, 2.45) is 35.0 Å². The second kappa shape index (κ2) is 6.11. The first-order valence-electron chi connectivity index (χ1n) is 9.43. The van der Waals surface area contributed by atoms with Gasteiger partial charge in [-0.1, -0.05) is 46.8 Å². The van der Waals surface area contributed by atoms with Gasteiger partial charge in [0.1, 0.15) is 6.10 Å². The highest BCUT2D eigenvalue weighted by Gasteiger charge is 2.54. The van der Waals surface area contributed by atoms with Crippen LogP contribution in [-0.2, 0) is 9.53 Å². The standard InChI is InChI=1S/C21H32O2/c1-13(2)14(3)6-7-15(4)17-8-9-18-16-12-20(22)23-19(16)10-11-21(17,18)5/h6-7,12-15,17-19H,8-11H2,1-5H3/b7-6+/t14-,15+,17+,18-,19+,21+/m0/s1. The maximum absolute atomic E-state index is 11.6. The molecule has 2 fully saturated rings. The molecule has 2 aliphatic carbocycles. The van der Waals surface area contributed by atoms with Crippen LogP contribution in [0.15, 0.2) is 23.8 Å². The number of carbonyl (C=O) groups excluding carboxylic acids is 1. The summed E-state index contributed by atoms with van der Waals surface area (Å²) >= 11 is 0. The zero-order chi connectivity index (χ0) is 16.8. The van der Waals surface area contributed by atoms with Crippen LogP contribution in [0.25, 0.3) is 0 Å². The predicted octanol–water partition coefficient (Wildman–Crippen LogP) is 5.15. The number of rotatable bonds is 4. The summed E-state index contributed by atoms with van der Waals surface area (Å²) in [6.07, 6.45) is 11.5. The summed E-state index contributed by atoms with van der Waals surface area (Å²) in [6, 6.07) is 0.